The van der Waals surface area contributed by atoms with Crippen molar-refractivity contribution in [2.75, 3.05) is 7.11 Å². The third-order valence-electron chi connectivity index (χ3n) is 5.24. The monoisotopic (exact) mass is 318 g/mol. The van der Waals surface area contributed by atoms with Gasteiger partial charge < -0.3 is 4.74 Å². The highest BCUT2D eigenvalue weighted by atomic mass is 19.2. The van der Waals surface area contributed by atoms with Crippen molar-refractivity contribution in [3.05, 3.63) is 41.5 Å². The van der Waals surface area contributed by atoms with E-state index in [9.17, 15) is 8.78 Å². The van der Waals surface area contributed by atoms with Crippen molar-refractivity contribution in [2.45, 2.75) is 51.4 Å². The highest BCUT2D eigenvalue weighted by molar-refractivity contribution is 5.85. The molecule has 0 heterocycles. The van der Waals surface area contributed by atoms with Crippen molar-refractivity contribution in [2.24, 2.45) is 5.92 Å². The zero-order valence-corrected chi connectivity index (χ0v) is 13.9. The van der Waals surface area contributed by atoms with Crippen LogP contribution in [0.1, 0.15) is 56.9 Å². The van der Waals surface area contributed by atoms with Gasteiger partial charge in [0.1, 0.15) is 5.75 Å². The summed E-state index contributed by atoms with van der Waals surface area (Å²) >= 11 is 0. The predicted octanol–water partition coefficient (Wildman–Crippen LogP) is 6.20. The minimum atomic E-state index is -0.743. The van der Waals surface area contributed by atoms with Gasteiger partial charge in [-0.15, -0.1) is 0 Å². The molecule has 0 aliphatic heterocycles. The molecule has 0 N–H and O–H groups in total. The lowest BCUT2D eigenvalue weighted by molar-refractivity contribution is 0.303. The van der Waals surface area contributed by atoms with Crippen LogP contribution in [-0.4, -0.2) is 7.11 Å². The number of hydrogen-bond donors (Lipinski definition) is 0. The van der Waals surface area contributed by atoms with Gasteiger partial charge in [-0.05, 0) is 66.7 Å². The third-order valence-corrected chi connectivity index (χ3v) is 5.24. The van der Waals surface area contributed by atoms with Crippen LogP contribution >= 0.6 is 0 Å². The summed E-state index contributed by atoms with van der Waals surface area (Å²) < 4.78 is 34.2. The van der Waals surface area contributed by atoms with E-state index >= 15 is 0 Å². The van der Waals surface area contributed by atoms with Gasteiger partial charge in [-0.1, -0.05) is 25.8 Å². The van der Waals surface area contributed by atoms with Crippen LogP contribution < -0.4 is 4.74 Å². The molecule has 1 nitrogen and oxygen atoms in total. The van der Waals surface area contributed by atoms with Gasteiger partial charge in [0.15, 0.2) is 11.6 Å². The Morgan fingerprint density at radius 1 is 1.04 bits per heavy atom. The lowest BCUT2D eigenvalue weighted by Gasteiger charge is -2.29. The van der Waals surface area contributed by atoms with Crippen molar-refractivity contribution < 1.29 is 13.5 Å². The molecule has 0 spiro atoms. The summed E-state index contributed by atoms with van der Waals surface area (Å²) in [6, 6.07) is 7.00. The second-order valence-corrected chi connectivity index (χ2v) is 6.69. The van der Waals surface area contributed by atoms with Crippen LogP contribution in [0.4, 0.5) is 8.78 Å². The molecule has 0 unspecified atom stereocenters. The van der Waals surface area contributed by atoms with Gasteiger partial charge in [-0.2, -0.15) is 0 Å². The lowest BCUT2D eigenvalue weighted by atomic mass is 9.77. The molecule has 2 aromatic rings. The van der Waals surface area contributed by atoms with E-state index in [0.717, 1.165) is 37.0 Å². The molecule has 0 amide bonds. The topological polar surface area (TPSA) is 9.23 Å². The average molecular weight is 318 g/mol. The van der Waals surface area contributed by atoms with Gasteiger partial charge in [0.05, 0.1) is 7.11 Å². The van der Waals surface area contributed by atoms with Gasteiger partial charge in [-0.25, -0.2) is 8.78 Å². The summed E-state index contributed by atoms with van der Waals surface area (Å²) in [4.78, 5) is 0. The fourth-order valence-corrected chi connectivity index (χ4v) is 3.92. The quantitative estimate of drug-likeness (QED) is 0.652. The summed E-state index contributed by atoms with van der Waals surface area (Å²) in [5, 5.41) is 1.04. The molecule has 1 aliphatic carbocycles. The van der Waals surface area contributed by atoms with Crippen LogP contribution in [0.3, 0.4) is 0 Å². The van der Waals surface area contributed by atoms with E-state index in [1.807, 2.05) is 12.1 Å². The van der Waals surface area contributed by atoms with Gasteiger partial charge in [0.2, 0.25) is 0 Å². The van der Waals surface area contributed by atoms with Crippen LogP contribution in [0.15, 0.2) is 24.3 Å². The van der Waals surface area contributed by atoms with Crippen LogP contribution in [0.2, 0.25) is 0 Å². The summed E-state index contributed by atoms with van der Waals surface area (Å²) in [6.45, 7) is 2.21. The normalized spacial score (nSPS) is 21.6. The number of ether oxygens (including phenoxy) is 1. The van der Waals surface area contributed by atoms with Crippen LogP contribution in [0.25, 0.3) is 10.8 Å². The standard InChI is InChI=1S/C20H24F2O/c1-3-4-13-5-7-14(8-6-13)17-11-15-9-10-16(23-2)12-18(15)20(22)19(17)21/h9-14H,3-8H2,1-2H3. The minimum Gasteiger partial charge on any atom is -0.497 e. The fourth-order valence-electron chi connectivity index (χ4n) is 3.92. The number of rotatable bonds is 4. The highest BCUT2D eigenvalue weighted by Crippen LogP contribution is 2.40. The Bertz CT molecular complexity index is 688. The molecule has 2 aromatic carbocycles. The van der Waals surface area contributed by atoms with E-state index in [1.54, 1.807) is 12.1 Å². The number of halogens is 2. The molecule has 0 bridgehead atoms. The zero-order valence-electron chi connectivity index (χ0n) is 13.9. The van der Waals surface area contributed by atoms with E-state index in [-0.39, 0.29) is 5.92 Å². The Hall–Kier alpha value is -1.64. The Kier molecular flexibility index (Phi) is 4.84. The minimum absolute atomic E-state index is 0.143. The summed E-state index contributed by atoms with van der Waals surface area (Å²) in [5.74, 6) is 0.0263. The maximum atomic E-state index is 14.6. The molecular weight excluding hydrogens is 294 g/mol. The Labute approximate surface area is 136 Å². The van der Waals surface area contributed by atoms with E-state index in [2.05, 4.69) is 6.92 Å². The van der Waals surface area contributed by atoms with Crippen molar-refractivity contribution >= 4 is 10.8 Å². The number of hydrogen-bond acceptors (Lipinski definition) is 1. The third kappa shape index (κ3) is 3.19. The van der Waals surface area contributed by atoms with Gasteiger partial charge in [0.25, 0.3) is 0 Å². The molecule has 3 rings (SSSR count). The van der Waals surface area contributed by atoms with E-state index < -0.39 is 11.6 Å². The molecule has 0 saturated heterocycles. The SMILES string of the molecule is CCCC1CCC(c2cc3ccc(OC)cc3c(F)c2F)CC1. The van der Waals surface area contributed by atoms with Crippen LogP contribution in [-0.2, 0) is 0 Å². The molecule has 0 aromatic heterocycles. The van der Waals surface area contributed by atoms with Crippen molar-refractivity contribution in [1.29, 1.82) is 0 Å². The molecule has 0 atom stereocenters. The summed E-state index contributed by atoms with van der Waals surface area (Å²) in [5.41, 5.74) is 0.551. The number of methoxy groups -OCH3 is 1. The Morgan fingerprint density at radius 3 is 2.43 bits per heavy atom. The molecule has 3 heteroatoms. The molecule has 1 aliphatic rings. The van der Waals surface area contributed by atoms with Crippen LogP contribution in [0.5, 0.6) is 5.75 Å². The van der Waals surface area contributed by atoms with E-state index in [1.165, 1.54) is 20.0 Å². The second kappa shape index (κ2) is 6.86. The zero-order chi connectivity index (χ0) is 16.4. The first-order valence-corrected chi connectivity index (χ1v) is 8.59. The van der Waals surface area contributed by atoms with E-state index in [0.29, 0.717) is 16.7 Å². The van der Waals surface area contributed by atoms with Gasteiger partial charge in [0, 0.05) is 5.39 Å². The maximum absolute atomic E-state index is 14.6. The van der Waals surface area contributed by atoms with Crippen molar-refractivity contribution in [1.82, 2.24) is 0 Å². The Morgan fingerprint density at radius 2 is 1.78 bits per heavy atom. The summed E-state index contributed by atoms with van der Waals surface area (Å²) in [7, 11) is 1.53. The molecular formula is C20H24F2O. The molecule has 1 fully saturated rings. The molecule has 23 heavy (non-hydrogen) atoms. The average Bonchev–Trinajstić information content (AvgIpc) is 2.59. The van der Waals surface area contributed by atoms with Crippen molar-refractivity contribution in [3.8, 4) is 5.75 Å². The first-order chi connectivity index (χ1) is 11.1. The number of fused-ring (bicyclic) bond motifs is 1. The molecule has 1 saturated carbocycles. The number of benzene rings is 2. The maximum Gasteiger partial charge on any atom is 0.167 e. The largest absolute Gasteiger partial charge is 0.497 e. The van der Waals surface area contributed by atoms with Gasteiger partial charge >= 0.3 is 0 Å². The summed E-state index contributed by atoms with van der Waals surface area (Å²) in [6.07, 6.45) is 6.63. The highest BCUT2D eigenvalue weighted by Gasteiger charge is 2.26. The first-order valence-electron chi connectivity index (χ1n) is 8.59. The first kappa shape index (κ1) is 16.2. The molecule has 0 radical (unpaired) electrons. The van der Waals surface area contributed by atoms with Gasteiger partial charge in [-0.3, -0.25) is 0 Å². The molecule has 124 valence electrons. The lowest BCUT2D eigenvalue weighted by Crippen LogP contribution is -2.14. The smallest absolute Gasteiger partial charge is 0.167 e. The fraction of sp³-hybridized carbons (Fsp3) is 0.500. The Balaban J connectivity index is 1.91. The van der Waals surface area contributed by atoms with E-state index in [4.69, 9.17) is 4.74 Å². The predicted molar refractivity (Wildman–Crippen MR) is 90.0 cm³/mol. The van der Waals surface area contributed by atoms with Crippen molar-refractivity contribution in [3.63, 3.8) is 0 Å². The van der Waals surface area contributed by atoms with Crippen LogP contribution in [0, 0.1) is 17.6 Å². The second-order valence-electron chi connectivity index (χ2n) is 6.69.